The minimum absolute atomic E-state index is 0.0673. The van der Waals surface area contributed by atoms with Gasteiger partial charge < -0.3 is 14.8 Å². The molecule has 0 aromatic carbocycles. The molecule has 94 valence electrons. The Morgan fingerprint density at radius 3 is 2.94 bits per heavy atom. The fraction of sp³-hybridized carbons (Fsp3) is 0.462. The van der Waals surface area contributed by atoms with E-state index in [1.54, 1.807) is 6.08 Å². The van der Waals surface area contributed by atoms with Crippen LogP contribution in [0.1, 0.15) is 31.3 Å². The molecule has 1 aromatic rings. The number of carbonyl (C=O) groups excluding carboxylic acids is 1. The first kappa shape index (κ1) is 13.5. The van der Waals surface area contributed by atoms with Crippen LogP contribution in [0, 0.1) is 6.92 Å². The van der Waals surface area contributed by atoms with Crippen LogP contribution < -0.4 is 5.32 Å². The molecule has 0 aliphatic heterocycles. The largest absolute Gasteiger partial charge is 0.462 e. The van der Waals surface area contributed by atoms with Gasteiger partial charge in [-0.2, -0.15) is 0 Å². The van der Waals surface area contributed by atoms with E-state index in [1.807, 2.05) is 26.0 Å². The fourth-order valence-corrected chi connectivity index (χ4v) is 1.46. The van der Waals surface area contributed by atoms with E-state index in [0.717, 1.165) is 12.2 Å². The van der Waals surface area contributed by atoms with Gasteiger partial charge in [-0.1, -0.05) is 0 Å². The van der Waals surface area contributed by atoms with Crippen molar-refractivity contribution in [2.75, 3.05) is 6.61 Å². The fourth-order valence-electron chi connectivity index (χ4n) is 1.46. The molecule has 2 N–H and O–H groups in total. The van der Waals surface area contributed by atoms with Crippen LogP contribution in [0.5, 0.6) is 0 Å². The highest BCUT2D eigenvalue weighted by atomic mass is 16.3. The number of amides is 1. The molecule has 0 aliphatic rings. The maximum Gasteiger partial charge on any atom is 0.244 e. The average Bonchev–Trinajstić information content (AvgIpc) is 2.70. The molecule has 1 unspecified atom stereocenters. The van der Waals surface area contributed by atoms with Crippen molar-refractivity contribution in [3.05, 3.63) is 29.7 Å². The Hall–Kier alpha value is -1.55. The molecule has 1 rings (SSSR count). The van der Waals surface area contributed by atoms with E-state index in [1.165, 1.54) is 6.08 Å². The predicted octanol–water partition coefficient (Wildman–Crippen LogP) is 1.88. The Kier molecular flexibility index (Phi) is 5.49. The molecule has 0 radical (unpaired) electrons. The number of hydrogen-bond acceptors (Lipinski definition) is 3. The molecular weight excluding hydrogens is 218 g/mol. The number of carbonyl (C=O) groups is 1. The van der Waals surface area contributed by atoms with Crippen molar-refractivity contribution in [2.45, 2.75) is 32.7 Å². The van der Waals surface area contributed by atoms with E-state index in [0.29, 0.717) is 12.2 Å². The second-order valence-corrected chi connectivity index (χ2v) is 4.06. The van der Waals surface area contributed by atoms with Gasteiger partial charge in [0.05, 0.1) is 0 Å². The third kappa shape index (κ3) is 5.36. The summed E-state index contributed by atoms with van der Waals surface area (Å²) in [5, 5.41) is 11.5. The number of hydrogen-bond donors (Lipinski definition) is 2. The SMILES string of the molecule is Cc1ccc(C=CC(=O)NC(C)CCCO)o1. The normalized spacial score (nSPS) is 12.9. The van der Waals surface area contributed by atoms with Gasteiger partial charge >= 0.3 is 0 Å². The number of aliphatic hydroxyl groups is 1. The summed E-state index contributed by atoms with van der Waals surface area (Å²) in [5.74, 6) is 1.34. The first-order valence-corrected chi connectivity index (χ1v) is 5.77. The summed E-state index contributed by atoms with van der Waals surface area (Å²) in [6, 6.07) is 3.73. The molecule has 0 spiro atoms. The molecule has 0 aliphatic carbocycles. The van der Waals surface area contributed by atoms with Crippen LogP contribution in [0.15, 0.2) is 22.6 Å². The Morgan fingerprint density at radius 1 is 1.59 bits per heavy atom. The van der Waals surface area contributed by atoms with Crippen molar-refractivity contribution in [1.82, 2.24) is 5.32 Å². The monoisotopic (exact) mass is 237 g/mol. The summed E-state index contributed by atoms with van der Waals surface area (Å²) in [7, 11) is 0. The summed E-state index contributed by atoms with van der Waals surface area (Å²) in [6.07, 6.45) is 4.56. The standard InChI is InChI=1S/C13H19NO3/c1-10(4-3-9-15)14-13(16)8-7-12-6-5-11(2)17-12/h5-8,10,15H,3-4,9H2,1-2H3,(H,14,16). The van der Waals surface area contributed by atoms with E-state index in [-0.39, 0.29) is 18.6 Å². The summed E-state index contributed by atoms with van der Waals surface area (Å²) in [4.78, 5) is 11.5. The number of furan rings is 1. The molecular formula is C13H19NO3. The second-order valence-electron chi connectivity index (χ2n) is 4.06. The van der Waals surface area contributed by atoms with Gasteiger partial charge in [0.25, 0.3) is 0 Å². The van der Waals surface area contributed by atoms with Gasteiger partial charge in [0.1, 0.15) is 11.5 Å². The first-order chi connectivity index (χ1) is 8.11. The van der Waals surface area contributed by atoms with E-state index < -0.39 is 0 Å². The Labute approximate surface area is 101 Å². The van der Waals surface area contributed by atoms with Crippen molar-refractivity contribution >= 4 is 12.0 Å². The zero-order valence-electron chi connectivity index (χ0n) is 10.3. The predicted molar refractivity (Wildman–Crippen MR) is 66.4 cm³/mol. The highest BCUT2D eigenvalue weighted by molar-refractivity contribution is 5.91. The summed E-state index contributed by atoms with van der Waals surface area (Å²) >= 11 is 0. The minimum Gasteiger partial charge on any atom is -0.462 e. The smallest absolute Gasteiger partial charge is 0.244 e. The number of rotatable bonds is 6. The Morgan fingerprint density at radius 2 is 2.35 bits per heavy atom. The zero-order valence-corrected chi connectivity index (χ0v) is 10.3. The number of aliphatic hydroxyl groups excluding tert-OH is 1. The second kappa shape index (κ2) is 6.91. The average molecular weight is 237 g/mol. The van der Waals surface area contributed by atoms with Crippen molar-refractivity contribution in [1.29, 1.82) is 0 Å². The first-order valence-electron chi connectivity index (χ1n) is 5.77. The van der Waals surface area contributed by atoms with Gasteiger partial charge in [0.15, 0.2) is 0 Å². The van der Waals surface area contributed by atoms with Crippen LogP contribution in [0.2, 0.25) is 0 Å². The molecule has 1 aromatic heterocycles. The van der Waals surface area contributed by atoms with Crippen LogP contribution >= 0.6 is 0 Å². The van der Waals surface area contributed by atoms with Crippen molar-refractivity contribution in [2.24, 2.45) is 0 Å². The quantitative estimate of drug-likeness (QED) is 0.742. The molecule has 4 heteroatoms. The van der Waals surface area contributed by atoms with Gasteiger partial charge in [-0.15, -0.1) is 0 Å². The molecule has 17 heavy (non-hydrogen) atoms. The molecule has 1 amide bonds. The number of aryl methyl sites for hydroxylation is 1. The van der Waals surface area contributed by atoms with Crippen LogP contribution in [-0.4, -0.2) is 23.7 Å². The topological polar surface area (TPSA) is 62.5 Å². The summed E-state index contributed by atoms with van der Waals surface area (Å²) < 4.78 is 5.30. The molecule has 4 nitrogen and oxygen atoms in total. The molecule has 0 saturated heterocycles. The van der Waals surface area contributed by atoms with Gasteiger partial charge in [-0.05, 0) is 44.9 Å². The number of nitrogens with one attached hydrogen (secondary N) is 1. The molecule has 0 saturated carbocycles. The van der Waals surface area contributed by atoms with Crippen molar-refractivity contribution < 1.29 is 14.3 Å². The third-order valence-corrected chi connectivity index (χ3v) is 2.34. The maximum absolute atomic E-state index is 11.5. The van der Waals surface area contributed by atoms with Gasteiger partial charge in [-0.3, -0.25) is 4.79 Å². The highest BCUT2D eigenvalue weighted by Gasteiger charge is 2.04. The third-order valence-electron chi connectivity index (χ3n) is 2.34. The minimum atomic E-state index is -0.149. The van der Waals surface area contributed by atoms with Crippen LogP contribution in [0.3, 0.4) is 0 Å². The van der Waals surface area contributed by atoms with Crippen LogP contribution in [-0.2, 0) is 4.79 Å². The summed E-state index contributed by atoms with van der Waals surface area (Å²) in [6.45, 7) is 3.93. The van der Waals surface area contributed by atoms with Gasteiger partial charge in [0, 0.05) is 18.7 Å². The zero-order chi connectivity index (χ0) is 12.7. The molecule has 1 atom stereocenters. The van der Waals surface area contributed by atoms with Crippen molar-refractivity contribution in [3.63, 3.8) is 0 Å². The Bertz CT molecular complexity index is 382. The van der Waals surface area contributed by atoms with E-state index in [4.69, 9.17) is 9.52 Å². The van der Waals surface area contributed by atoms with E-state index in [9.17, 15) is 4.79 Å². The molecule has 0 bridgehead atoms. The lowest BCUT2D eigenvalue weighted by Crippen LogP contribution is -2.31. The maximum atomic E-state index is 11.5. The van der Waals surface area contributed by atoms with Crippen LogP contribution in [0.4, 0.5) is 0 Å². The van der Waals surface area contributed by atoms with E-state index in [2.05, 4.69) is 5.32 Å². The lowest BCUT2D eigenvalue weighted by atomic mass is 10.2. The molecule has 1 heterocycles. The van der Waals surface area contributed by atoms with Crippen LogP contribution in [0.25, 0.3) is 6.08 Å². The van der Waals surface area contributed by atoms with E-state index >= 15 is 0 Å². The lowest BCUT2D eigenvalue weighted by molar-refractivity contribution is -0.117. The molecule has 0 fully saturated rings. The van der Waals surface area contributed by atoms with Gasteiger partial charge in [-0.25, -0.2) is 0 Å². The lowest BCUT2D eigenvalue weighted by Gasteiger charge is -2.10. The Balaban J connectivity index is 2.36. The highest BCUT2D eigenvalue weighted by Crippen LogP contribution is 2.07. The summed E-state index contributed by atoms with van der Waals surface area (Å²) in [5.41, 5.74) is 0. The van der Waals surface area contributed by atoms with Gasteiger partial charge in [0.2, 0.25) is 5.91 Å². The van der Waals surface area contributed by atoms with Crippen molar-refractivity contribution in [3.8, 4) is 0 Å².